The average Bonchev–Trinajstić information content (AvgIpc) is 3.22. The first kappa shape index (κ1) is 24.7. The summed E-state index contributed by atoms with van der Waals surface area (Å²) < 4.78 is 27.3. The summed E-state index contributed by atoms with van der Waals surface area (Å²) in [5.74, 6) is 0.970. The van der Waals surface area contributed by atoms with Gasteiger partial charge in [-0.25, -0.2) is 9.37 Å². The van der Waals surface area contributed by atoms with Gasteiger partial charge in [-0.3, -0.25) is 14.7 Å². The van der Waals surface area contributed by atoms with Crippen molar-refractivity contribution in [3.8, 4) is 11.5 Å². The zero-order valence-corrected chi connectivity index (χ0v) is 20.6. The Morgan fingerprint density at radius 1 is 1.11 bits per heavy atom. The Morgan fingerprint density at radius 3 is 2.76 bits per heavy atom. The van der Waals surface area contributed by atoms with Gasteiger partial charge in [0, 0.05) is 45.0 Å². The lowest BCUT2D eigenvalue weighted by atomic mass is 10.3. The monoisotopic (exact) mass is 504 g/mol. The SMILES string of the molecule is Cn1c(Nc2ccccc2F)nc2cc(Oc3ccnc(C(=O)NCCCN4CCOCC4)c3)ccc21. The third kappa shape index (κ3) is 6.04. The Kier molecular flexibility index (Phi) is 7.57. The van der Waals surface area contributed by atoms with E-state index in [0.717, 1.165) is 44.8 Å². The molecule has 0 saturated carbocycles. The smallest absolute Gasteiger partial charge is 0.270 e. The standard InChI is InChI=1S/C27H29FN6O3/c1-33-25-8-7-19(17-23(25)32-27(33)31-22-6-3-2-5-21(22)28)37-20-9-11-29-24(18-20)26(35)30-10-4-12-34-13-15-36-16-14-34/h2-3,5-9,11,17-18H,4,10,12-16H2,1H3,(H,30,35)(H,31,32). The van der Waals surface area contributed by atoms with Gasteiger partial charge in [-0.05, 0) is 43.3 Å². The maximum Gasteiger partial charge on any atom is 0.270 e. The fourth-order valence-corrected chi connectivity index (χ4v) is 4.19. The molecule has 2 N–H and O–H groups in total. The highest BCUT2D eigenvalue weighted by atomic mass is 19.1. The third-order valence-corrected chi connectivity index (χ3v) is 6.21. The van der Waals surface area contributed by atoms with E-state index in [9.17, 15) is 9.18 Å². The van der Waals surface area contributed by atoms with Crippen LogP contribution >= 0.6 is 0 Å². The Morgan fingerprint density at radius 2 is 1.92 bits per heavy atom. The van der Waals surface area contributed by atoms with Gasteiger partial charge in [0.15, 0.2) is 0 Å². The summed E-state index contributed by atoms with van der Waals surface area (Å²) in [6, 6.07) is 15.3. The predicted octanol–water partition coefficient (Wildman–Crippen LogP) is 4.10. The van der Waals surface area contributed by atoms with Crippen LogP contribution in [0.2, 0.25) is 0 Å². The first-order valence-corrected chi connectivity index (χ1v) is 12.3. The van der Waals surface area contributed by atoms with Crippen LogP contribution in [0, 0.1) is 5.82 Å². The molecular formula is C27H29FN6O3. The molecule has 1 aliphatic heterocycles. The Hall–Kier alpha value is -4.02. The molecule has 9 nitrogen and oxygen atoms in total. The highest BCUT2D eigenvalue weighted by molar-refractivity contribution is 5.92. The fraction of sp³-hybridized carbons (Fsp3) is 0.296. The van der Waals surface area contributed by atoms with Crippen molar-refractivity contribution in [2.75, 3.05) is 44.7 Å². The second-order valence-corrected chi connectivity index (χ2v) is 8.79. The molecule has 10 heteroatoms. The van der Waals surface area contributed by atoms with E-state index < -0.39 is 0 Å². The number of fused-ring (bicyclic) bond motifs is 1. The molecule has 0 unspecified atom stereocenters. The number of hydrogen-bond acceptors (Lipinski definition) is 7. The van der Waals surface area contributed by atoms with Gasteiger partial charge in [0.1, 0.15) is 23.0 Å². The minimum Gasteiger partial charge on any atom is -0.457 e. The highest BCUT2D eigenvalue weighted by Crippen LogP contribution is 2.28. The molecule has 192 valence electrons. The van der Waals surface area contributed by atoms with E-state index in [4.69, 9.17) is 9.47 Å². The minimum atomic E-state index is -0.354. The molecule has 0 aliphatic carbocycles. The number of carbonyl (C=O) groups excluding carboxylic acids is 1. The number of amides is 1. The number of morpholine rings is 1. The van der Waals surface area contributed by atoms with Gasteiger partial charge in [-0.15, -0.1) is 0 Å². The second-order valence-electron chi connectivity index (χ2n) is 8.79. The van der Waals surface area contributed by atoms with E-state index in [1.807, 2.05) is 23.7 Å². The number of rotatable bonds is 9. The average molecular weight is 505 g/mol. The minimum absolute atomic E-state index is 0.239. The van der Waals surface area contributed by atoms with E-state index >= 15 is 0 Å². The van der Waals surface area contributed by atoms with Crippen LogP contribution in [0.15, 0.2) is 60.8 Å². The summed E-state index contributed by atoms with van der Waals surface area (Å²) in [5.41, 5.74) is 2.18. The van der Waals surface area contributed by atoms with Gasteiger partial charge in [-0.1, -0.05) is 12.1 Å². The molecule has 1 aliphatic rings. The van der Waals surface area contributed by atoms with E-state index in [1.165, 1.54) is 6.07 Å². The molecule has 1 fully saturated rings. The van der Waals surface area contributed by atoms with Crippen LogP contribution in [-0.4, -0.2) is 64.7 Å². The molecule has 0 radical (unpaired) electrons. The third-order valence-electron chi connectivity index (χ3n) is 6.21. The number of aromatic nitrogens is 3. The number of nitrogens with one attached hydrogen (secondary N) is 2. The first-order chi connectivity index (χ1) is 18.1. The van der Waals surface area contributed by atoms with Crippen LogP contribution in [0.4, 0.5) is 16.0 Å². The predicted molar refractivity (Wildman–Crippen MR) is 139 cm³/mol. The Labute approximate surface area is 214 Å². The maximum absolute atomic E-state index is 14.1. The number of carbonyl (C=O) groups is 1. The van der Waals surface area contributed by atoms with Crippen LogP contribution in [0.1, 0.15) is 16.9 Å². The Bertz CT molecular complexity index is 1390. The lowest BCUT2D eigenvalue weighted by Crippen LogP contribution is -2.38. The number of anilines is 2. The van der Waals surface area contributed by atoms with Crippen LogP contribution in [0.5, 0.6) is 11.5 Å². The zero-order valence-electron chi connectivity index (χ0n) is 20.6. The number of ether oxygens (including phenoxy) is 2. The van der Waals surface area contributed by atoms with Gasteiger partial charge in [0.2, 0.25) is 5.95 Å². The van der Waals surface area contributed by atoms with Gasteiger partial charge in [-0.2, -0.15) is 0 Å². The van der Waals surface area contributed by atoms with Crippen molar-refractivity contribution in [3.63, 3.8) is 0 Å². The lowest BCUT2D eigenvalue weighted by Gasteiger charge is -2.26. The van der Waals surface area contributed by atoms with Crippen molar-refractivity contribution >= 4 is 28.6 Å². The van der Waals surface area contributed by atoms with Gasteiger partial charge in [0.05, 0.1) is 29.9 Å². The van der Waals surface area contributed by atoms with Gasteiger partial charge < -0.3 is 24.7 Å². The van der Waals surface area contributed by atoms with Crippen molar-refractivity contribution in [1.82, 2.24) is 24.8 Å². The molecular weight excluding hydrogens is 475 g/mol. The van der Waals surface area contributed by atoms with Crippen molar-refractivity contribution < 1.29 is 18.7 Å². The molecule has 5 rings (SSSR count). The molecule has 0 atom stereocenters. The summed E-state index contributed by atoms with van der Waals surface area (Å²) in [6.07, 6.45) is 2.41. The second kappa shape index (κ2) is 11.4. The first-order valence-electron chi connectivity index (χ1n) is 12.3. The van der Waals surface area contributed by atoms with E-state index in [-0.39, 0.29) is 11.7 Å². The van der Waals surface area contributed by atoms with E-state index in [0.29, 0.717) is 40.9 Å². The van der Waals surface area contributed by atoms with Crippen molar-refractivity contribution in [3.05, 3.63) is 72.3 Å². The van der Waals surface area contributed by atoms with Gasteiger partial charge in [0.25, 0.3) is 5.91 Å². The molecule has 2 aromatic carbocycles. The number of nitrogens with zero attached hydrogens (tertiary/aromatic N) is 4. The number of halogens is 1. The van der Waals surface area contributed by atoms with Crippen LogP contribution < -0.4 is 15.4 Å². The van der Waals surface area contributed by atoms with Crippen molar-refractivity contribution in [2.24, 2.45) is 7.05 Å². The van der Waals surface area contributed by atoms with Crippen LogP contribution in [0.3, 0.4) is 0 Å². The van der Waals surface area contributed by atoms with Crippen LogP contribution in [-0.2, 0) is 11.8 Å². The molecule has 1 saturated heterocycles. The molecule has 4 aromatic rings. The fourth-order valence-electron chi connectivity index (χ4n) is 4.19. The summed E-state index contributed by atoms with van der Waals surface area (Å²) in [5, 5.41) is 5.96. The largest absolute Gasteiger partial charge is 0.457 e. The summed E-state index contributed by atoms with van der Waals surface area (Å²) in [4.78, 5) is 23.7. The number of hydrogen-bond donors (Lipinski definition) is 2. The number of para-hydroxylation sites is 1. The quantitative estimate of drug-likeness (QED) is 0.332. The molecule has 0 bridgehead atoms. The number of pyridine rings is 1. The topological polar surface area (TPSA) is 93.5 Å². The summed E-state index contributed by atoms with van der Waals surface area (Å²) in [7, 11) is 1.85. The Balaban J connectivity index is 1.21. The normalized spacial score (nSPS) is 14.0. The van der Waals surface area contributed by atoms with E-state index in [2.05, 4.69) is 25.5 Å². The number of imidazole rings is 1. The molecule has 0 spiro atoms. The number of benzene rings is 2. The summed E-state index contributed by atoms with van der Waals surface area (Å²) >= 11 is 0. The zero-order chi connectivity index (χ0) is 25.6. The van der Waals surface area contributed by atoms with Gasteiger partial charge >= 0.3 is 0 Å². The molecule has 3 heterocycles. The van der Waals surface area contributed by atoms with E-state index in [1.54, 1.807) is 42.6 Å². The van der Waals surface area contributed by atoms with Crippen LogP contribution in [0.25, 0.3) is 11.0 Å². The number of aryl methyl sites for hydroxylation is 1. The van der Waals surface area contributed by atoms with Crippen molar-refractivity contribution in [1.29, 1.82) is 0 Å². The highest BCUT2D eigenvalue weighted by Gasteiger charge is 2.13. The lowest BCUT2D eigenvalue weighted by molar-refractivity contribution is 0.0374. The molecule has 37 heavy (non-hydrogen) atoms. The summed E-state index contributed by atoms with van der Waals surface area (Å²) in [6.45, 7) is 4.89. The maximum atomic E-state index is 14.1. The molecule has 2 aromatic heterocycles. The molecule has 1 amide bonds. The van der Waals surface area contributed by atoms with Crippen molar-refractivity contribution in [2.45, 2.75) is 6.42 Å².